The van der Waals surface area contributed by atoms with Gasteiger partial charge in [0.15, 0.2) is 0 Å². The van der Waals surface area contributed by atoms with Crippen molar-refractivity contribution >= 4 is 33.4 Å². The second-order valence-corrected chi connectivity index (χ2v) is 14.4. The monoisotopic (exact) mass is 776 g/mol. The summed E-state index contributed by atoms with van der Waals surface area (Å²) in [6, 6.07) is 63.4. The highest BCUT2D eigenvalue weighted by Crippen LogP contribution is 2.36. The number of hydrogen-bond donors (Lipinski definition) is 2. The van der Waals surface area contributed by atoms with E-state index in [1.165, 1.54) is 0 Å². The normalized spacial score (nSPS) is 11.1. The molecular weight excluding hydrogens is 741 g/mol. The summed E-state index contributed by atoms with van der Waals surface area (Å²) in [5.74, 6) is 2.71. The third kappa shape index (κ3) is 7.44. The molecule has 0 radical (unpaired) electrons. The molecule has 0 aliphatic heterocycles. The van der Waals surface area contributed by atoms with Crippen LogP contribution < -0.4 is 20.9 Å². The molecule has 0 aliphatic carbocycles. The minimum atomic E-state index is 0.664. The number of ether oxygens (including phenoxy) is 2. The van der Waals surface area contributed by atoms with Crippen LogP contribution >= 0.6 is 0 Å². The molecule has 0 aliphatic rings. The Labute approximate surface area is 346 Å². The molecule has 0 unspecified atom stereocenters. The molecule has 8 aromatic carbocycles. The van der Waals surface area contributed by atoms with Crippen LogP contribution in [0, 0.1) is 0 Å². The Morgan fingerprint density at radius 1 is 0.267 bits per heavy atom. The highest BCUT2D eigenvalue weighted by molar-refractivity contribution is 5.89. The van der Waals surface area contributed by atoms with E-state index in [1.54, 1.807) is 0 Å². The Bertz CT molecular complexity index is 2910. The summed E-state index contributed by atoms with van der Waals surface area (Å²) in [6.45, 7) is 0. The lowest BCUT2D eigenvalue weighted by atomic mass is 9.98. The van der Waals surface area contributed by atoms with E-state index in [9.17, 15) is 0 Å². The van der Waals surface area contributed by atoms with Gasteiger partial charge < -0.3 is 20.9 Å². The second-order valence-electron chi connectivity index (χ2n) is 14.4. The first-order valence-electron chi connectivity index (χ1n) is 19.5. The van der Waals surface area contributed by atoms with Gasteiger partial charge in [-0.2, -0.15) is 0 Å². The van der Waals surface area contributed by atoms with Gasteiger partial charge in [-0.3, -0.25) is 0 Å². The standard InChI is InChI=1S/C52H36N6O2/c53-39-19-23-41(24-20-39)59-43-27-29-45-47(31-43)57-51(49(55-45)35-7-3-1-4-8-35)37-15-11-33(12-16-37)34-13-17-38(18-14-34)52-50(36-9-5-2-6-10-36)56-46-30-28-44(32-48(46)58-52)60-42-25-21-40(54)22-26-42/h1-32H,53-54H2. The molecule has 0 bridgehead atoms. The van der Waals surface area contributed by atoms with Crippen LogP contribution in [0.4, 0.5) is 11.4 Å². The molecule has 2 aromatic heterocycles. The van der Waals surface area contributed by atoms with Crippen molar-refractivity contribution in [1.29, 1.82) is 0 Å². The number of anilines is 2. The van der Waals surface area contributed by atoms with Gasteiger partial charge in [0.05, 0.1) is 44.8 Å². The molecule has 2 heterocycles. The predicted octanol–water partition coefficient (Wildman–Crippen LogP) is 12.7. The van der Waals surface area contributed by atoms with Crippen LogP contribution in [0.5, 0.6) is 23.0 Å². The summed E-state index contributed by atoms with van der Waals surface area (Å²) >= 11 is 0. The van der Waals surface area contributed by atoms with Crippen molar-refractivity contribution in [2.45, 2.75) is 0 Å². The summed E-state index contributed by atoms with van der Waals surface area (Å²) in [5, 5.41) is 0. The number of benzene rings is 8. The van der Waals surface area contributed by atoms with Crippen LogP contribution in [0.1, 0.15) is 0 Å². The third-order valence-corrected chi connectivity index (χ3v) is 10.2. The first-order chi connectivity index (χ1) is 29.5. The first-order valence-corrected chi connectivity index (χ1v) is 19.5. The Morgan fingerprint density at radius 2 is 0.567 bits per heavy atom. The maximum atomic E-state index is 6.14. The molecular formula is C52H36N6O2. The zero-order valence-corrected chi connectivity index (χ0v) is 32.2. The zero-order chi connectivity index (χ0) is 40.4. The van der Waals surface area contributed by atoms with Crippen molar-refractivity contribution in [3.63, 3.8) is 0 Å². The molecule has 4 N–H and O–H groups in total. The Balaban J connectivity index is 0.977. The van der Waals surface area contributed by atoms with E-state index in [0.29, 0.717) is 34.4 Å². The summed E-state index contributed by atoms with van der Waals surface area (Å²) < 4.78 is 12.3. The lowest BCUT2D eigenvalue weighted by molar-refractivity contribution is 0.483. The maximum absolute atomic E-state index is 6.14. The quantitative estimate of drug-likeness (QED) is 0.139. The highest BCUT2D eigenvalue weighted by atomic mass is 16.5. The Morgan fingerprint density at radius 3 is 0.933 bits per heavy atom. The fourth-order valence-corrected chi connectivity index (χ4v) is 7.18. The van der Waals surface area contributed by atoms with Gasteiger partial charge in [-0.15, -0.1) is 0 Å². The molecule has 8 nitrogen and oxygen atoms in total. The molecule has 10 aromatic rings. The van der Waals surface area contributed by atoms with Gasteiger partial charge in [0.1, 0.15) is 23.0 Å². The second kappa shape index (κ2) is 15.5. The summed E-state index contributed by atoms with van der Waals surface area (Å²) in [4.78, 5) is 20.6. The van der Waals surface area contributed by atoms with Crippen molar-refractivity contribution < 1.29 is 9.47 Å². The van der Waals surface area contributed by atoms with Crippen LogP contribution in [0.15, 0.2) is 194 Å². The number of nitrogens with two attached hydrogens (primary N) is 2. The van der Waals surface area contributed by atoms with E-state index in [2.05, 4.69) is 72.8 Å². The van der Waals surface area contributed by atoms with Crippen LogP contribution in [0.25, 0.3) is 78.2 Å². The molecule has 0 saturated carbocycles. The topological polar surface area (TPSA) is 122 Å². The molecule has 60 heavy (non-hydrogen) atoms. The number of fused-ring (bicyclic) bond motifs is 2. The summed E-state index contributed by atoms with van der Waals surface area (Å²) in [5.41, 5.74) is 25.3. The van der Waals surface area contributed by atoms with Gasteiger partial charge >= 0.3 is 0 Å². The van der Waals surface area contributed by atoms with Crippen LogP contribution in [-0.2, 0) is 0 Å². The fraction of sp³-hybridized carbons (Fsp3) is 0. The number of hydrogen-bond acceptors (Lipinski definition) is 8. The van der Waals surface area contributed by atoms with Crippen molar-refractivity contribution in [2.75, 3.05) is 11.5 Å². The van der Waals surface area contributed by atoms with Gasteiger partial charge in [0.25, 0.3) is 0 Å². The number of aromatic nitrogens is 4. The van der Waals surface area contributed by atoms with E-state index in [1.807, 2.05) is 121 Å². The van der Waals surface area contributed by atoms with Crippen LogP contribution in [0.3, 0.4) is 0 Å². The van der Waals surface area contributed by atoms with E-state index in [-0.39, 0.29) is 0 Å². The Hall–Kier alpha value is -8.36. The molecule has 0 saturated heterocycles. The molecule has 286 valence electrons. The largest absolute Gasteiger partial charge is 0.457 e. The number of nitrogens with zero attached hydrogens (tertiary/aromatic N) is 4. The van der Waals surface area contributed by atoms with Gasteiger partial charge in [-0.25, -0.2) is 19.9 Å². The lowest BCUT2D eigenvalue weighted by Gasteiger charge is -2.13. The summed E-state index contributed by atoms with van der Waals surface area (Å²) in [7, 11) is 0. The van der Waals surface area contributed by atoms with Crippen molar-refractivity contribution in [3.8, 4) is 79.2 Å². The first kappa shape index (κ1) is 36.0. The molecule has 8 heteroatoms. The summed E-state index contributed by atoms with van der Waals surface area (Å²) in [6.07, 6.45) is 0. The number of nitrogen functional groups attached to an aromatic ring is 2. The van der Waals surface area contributed by atoms with Crippen molar-refractivity contribution in [2.24, 2.45) is 0 Å². The van der Waals surface area contributed by atoms with Gasteiger partial charge in [-0.1, -0.05) is 109 Å². The average molecular weight is 777 g/mol. The molecule has 0 atom stereocenters. The van der Waals surface area contributed by atoms with E-state index < -0.39 is 0 Å². The number of rotatable bonds is 9. The minimum Gasteiger partial charge on any atom is -0.457 e. The highest BCUT2D eigenvalue weighted by Gasteiger charge is 2.17. The third-order valence-electron chi connectivity index (χ3n) is 10.2. The molecule has 0 amide bonds. The average Bonchev–Trinajstić information content (AvgIpc) is 3.30. The Kier molecular flexibility index (Phi) is 9.32. The lowest BCUT2D eigenvalue weighted by Crippen LogP contribution is -1.96. The van der Waals surface area contributed by atoms with E-state index >= 15 is 0 Å². The van der Waals surface area contributed by atoms with Crippen molar-refractivity contribution in [1.82, 2.24) is 19.9 Å². The SMILES string of the molecule is Nc1ccc(Oc2ccc3nc(-c4ccccc4)c(-c4ccc(-c5ccc(-c6nc7cc(Oc8ccc(N)cc8)ccc7nc6-c6ccccc6)cc5)cc4)nc3c2)cc1. The predicted molar refractivity (Wildman–Crippen MR) is 242 cm³/mol. The van der Waals surface area contributed by atoms with E-state index in [4.69, 9.17) is 40.9 Å². The molecule has 10 rings (SSSR count). The van der Waals surface area contributed by atoms with Gasteiger partial charge in [-0.05, 0) is 83.9 Å². The van der Waals surface area contributed by atoms with Gasteiger partial charge in [0.2, 0.25) is 0 Å². The van der Waals surface area contributed by atoms with E-state index in [0.717, 1.165) is 78.2 Å². The minimum absolute atomic E-state index is 0.664. The zero-order valence-electron chi connectivity index (χ0n) is 32.2. The molecule has 0 fully saturated rings. The van der Waals surface area contributed by atoms with Crippen LogP contribution in [-0.4, -0.2) is 19.9 Å². The van der Waals surface area contributed by atoms with Crippen molar-refractivity contribution in [3.05, 3.63) is 194 Å². The smallest absolute Gasteiger partial charge is 0.129 e. The van der Waals surface area contributed by atoms with Gasteiger partial charge in [0, 0.05) is 45.8 Å². The van der Waals surface area contributed by atoms with Crippen LogP contribution in [0.2, 0.25) is 0 Å². The fourth-order valence-electron chi connectivity index (χ4n) is 7.18. The maximum Gasteiger partial charge on any atom is 0.129 e. The molecule has 0 spiro atoms.